The van der Waals surface area contributed by atoms with Gasteiger partial charge in [-0.25, -0.2) is 0 Å². The van der Waals surface area contributed by atoms with Gasteiger partial charge in [0.15, 0.2) is 0 Å². The van der Waals surface area contributed by atoms with Gasteiger partial charge >= 0.3 is 0 Å². The first-order chi connectivity index (χ1) is 26.6. The van der Waals surface area contributed by atoms with E-state index in [9.17, 15) is 0 Å². The summed E-state index contributed by atoms with van der Waals surface area (Å²) in [5.41, 5.74) is 19.5. The van der Waals surface area contributed by atoms with Crippen LogP contribution in [0.5, 0.6) is 0 Å². The quantitative estimate of drug-likeness (QED) is 0.0879. The molecule has 0 fully saturated rings. The van der Waals surface area contributed by atoms with Crippen molar-refractivity contribution in [1.29, 1.82) is 0 Å². The Labute approximate surface area is 317 Å². The van der Waals surface area contributed by atoms with E-state index >= 15 is 0 Å². The lowest BCUT2D eigenvalue weighted by atomic mass is 9.77. The predicted molar refractivity (Wildman–Crippen MR) is 231 cm³/mol. The van der Waals surface area contributed by atoms with Crippen LogP contribution in [0.15, 0.2) is 201 Å². The van der Waals surface area contributed by atoms with Gasteiger partial charge in [-0.1, -0.05) is 153 Å². The molecule has 5 nitrogen and oxygen atoms in total. The van der Waals surface area contributed by atoms with Crippen LogP contribution in [0.25, 0.3) is 55.0 Å². The maximum atomic E-state index is 4.62. The van der Waals surface area contributed by atoms with Gasteiger partial charge in [-0.3, -0.25) is 0 Å². The maximum Gasteiger partial charge on any atom is 0.0945 e. The molecule has 9 aromatic rings. The lowest BCUT2D eigenvalue weighted by molar-refractivity contribution is 0.525. The van der Waals surface area contributed by atoms with E-state index in [4.69, 9.17) is 0 Å². The molecule has 0 radical (unpaired) electrons. The lowest BCUT2D eigenvalue weighted by Crippen LogP contribution is -2.42. The van der Waals surface area contributed by atoms with Gasteiger partial charge in [-0.15, -0.1) is 0 Å². The molecule has 7 aromatic carbocycles. The molecule has 54 heavy (non-hydrogen) atoms. The first-order valence-electron chi connectivity index (χ1n) is 18.2. The fourth-order valence-corrected chi connectivity index (χ4v) is 7.73. The van der Waals surface area contributed by atoms with E-state index < -0.39 is 5.54 Å². The van der Waals surface area contributed by atoms with E-state index in [0.717, 1.165) is 11.4 Å². The van der Waals surface area contributed by atoms with Crippen LogP contribution in [0.2, 0.25) is 0 Å². The third-order valence-electron chi connectivity index (χ3n) is 9.99. The number of para-hydroxylation sites is 3. The number of fused-ring (bicyclic) bond motifs is 6. The first kappa shape index (κ1) is 35.9. The van der Waals surface area contributed by atoms with Crippen LogP contribution in [0.3, 0.4) is 0 Å². The maximum absolute atomic E-state index is 4.62. The predicted octanol–water partition coefficient (Wildman–Crippen LogP) is 10.6. The molecule has 0 saturated carbocycles. The highest BCUT2D eigenvalue weighted by Gasteiger charge is 2.34. The molecule has 0 atom stereocenters. The smallest absolute Gasteiger partial charge is 0.0945 e. The summed E-state index contributed by atoms with van der Waals surface area (Å²) in [5.74, 6) is 0. The van der Waals surface area contributed by atoms with Crippen molar-refractivity contribution in [1.82, 2.24) is 14.5 Å². The van der Waals surface area contributed by atoms with Crippen LogP contribution in [-0.4, -0.2) is 22.9 Å². The largest absolute Gasteiger partial charge is 0.319 e. The number of nitrogens with two attached hydrogens (primary N) is 2. The third-order valence-corrected chi connectivity index (χ3v) is 9.99. The summed E-state index contributed by atoms with van der Waals surface area (Å²) in [6, 6.07) is 63.6. The molecular formula is C49H45N5. The van der Waals surface area contributed by atoms with Crippen molar-refractivity contribution in [3.63, 3.8) is 0 Å². The molecule has 0 saturated heterocycles. The Balaban J connectivity index is 0.000000597. The molecule has 5 heteroatoms. The fraction of sp³-hybridized carbons (Fsp3) is 0.0612. The van der Waals surface area contributed by atoms with Gasteiger partial charge in [0.05, 0.1) is 27.6 Å². The average molecular weight is 704 g/mol. The van der Waals surface area contributed by atoms with E-state index in [1.54, 1.807) is 12.2 Å². The number of hydrogen-bond donors (Lipinski definition) is 3. The monoisotopic (exact) mass is 703 g/mol. The minimum absolute atomic E-state index is 0.250. The van der Waals surface area contributed by atoms with Gasteiger partial charge in [-0.2, -0.15) is 0 Å². The Bertz CT molecular complexity index is 2610. The zero-order valence-corrected chi connectivity index (χ0v) is 30.6. The van der Waals surface area contributed by atoms with E-state index in [1.807, 2.05) is 0 Å². The minimum Gasteiger partial charge on any atom is -0.319 e. The number of nitrogens with zero attached hydrogens (tertiary/aromatic N) is 2. The molecule has 0 aliphatic heterocycles. The standard InChI is InChI=1S/C44H33N3.C4H6.CH6N2/c1-45-44(31-15-5-2-6-16-31,32-17-7-3-8-18-32)33-25-27-35(28-26-33)47-41-24-14-12-22-37(41)39-29-38-36-21-11-13-23-40(36)46(42(38)30-43(39)47)34-19-9-4-10-20-34;1-3-4-2;2-1-3/h2-30,45H,1H3;3-4H,1-2H2;1-3H2. The number of allylic oxidation sites excluding steroid dienone is 2. The first-order valence-corrected chi connectivity index (χ1v) is 18.2. The van der Waals surface area contributed by atoms with Crippen LogP contribution in [0, 0.1) is 0 Å². The molecular weight excluding hydrogens is 659 g/mol. The number of hydrogen-bond acceptors (Lipinski definition) is 3. The summed E-state index contributed by atoms with van der Waals surface area (Å²) >= 11 is 0. The van der Waals surface area contributed by atoms with Crippen molar-refractivity contribution in [2.24, 2.45) is 11.5 Å². The van der Waals surface area contributed by atoms with E-state index in [-0.39, 0.29) is 6.67 Å². The van der Waals surface area contributed by atoms with E-state index in [2.05, 4.69) is 222 Å². The third kappa shape index (κ3) is 6.31. The number of benzene rings is 7. The normalized spacial score (nSPS) is 11.2. The molecule has 0 bridgehead atoms. The number of rotatable bonds is 7. The average Bonchev–Trinajstić information content (AvgIpc) is 3.74. The van der Waals surface area contributed by atoms with Gasteiger partial charge in [0.1, 0.15) is 0 Å². The Morgan fingerprint density at radius 2 is 0.833 bits per heavy atom. The fourth-order valence-electron chi connectivity index (χ4n) is 7.73. The van der Waals surface area contributed by atoms with Crippen molar-refractivity contribution in [2.75, 3.05) is 13.7 Å². The van der Waals surface area contributed by atoms with Crippen LogP contribution in [-0.2, 0) is 5.54 Å². The second-order valence-corrected chi connectivity index (χ2v) is 12.9. The Kier molecular flexibility index (Phi) is 10.7. The molecule has 0 unspecified atom stereocenters. The molecule has 0 amide bonds. The van der Waals surface area contributed by atoms with Crippen LogP contribution in [0.4, 0.5) is 0 Å². The van der Waals surface area contributed by atoms with Crippen molar-refractivity contribution >= 4 is 43.6 Å². The zero-order chi connectivity index (χ0) is 37.5. The molecule has 2 heterocycles. The molecule has 0 spiro atoms. The molecule has 266 valence electrons. The van der Waals surface area contributed by atoms with Crippen molar-refractivity contribution < 1.29 is 0 Å². The van der Waals surface area contributed by atoms with Gasteiger partial charge in [0.2, 0.25) is 0 Å². The lowest BCUT2D eigenvalue weighted by Gasteiger charge is -2.36. The van der Waals surface area contributed by atoms with Crippen LogP contribution in [0.1, 0.15) is 16.7 Å². The van der Waals surface area contributed by atoms with Gasteiger partial charge < -0.3 is 25.9 Å². The Morgan fingerprint density at radius 1 is 0.463 bits per heavy atom. The summed E-state index contributed by atoms with van der Waals surface area (Å²) in [5, 5.41) is 8.76. The Morgan fingerprint density at radius 3 is 1.26 bits per heavy atom. The summed E-state index contributed by atoms with van der Waals surface area (Å²) < 4.78 is 4.82. The molecule has 0 aliphatic carbocycles. The molecule has 0 aliphatic rings. The Hall–Kier alpha value is -6.50. The van der Waals surface area contributed by atoms with Gasteiger partial charge in [0, 0.05) is 39.6 Å². The van der Waals surface area contributed by atoms with Crippen molar-refractivity contribution in [2.45, 2.75) is 5.54 Å². The molecule has 2 aromatic heterocycles. The van der Waals surface area contributed by atoms with Crippen LogP contribution >= 0.6 is 0 Å². The van der Waals surface area contributed by atoms with E-state index in [1.165, 1.54) is 60.3 Å². The summed E-state index contributed by atoms with van der Waals surface area (Å²) in [6.45, 7) is 6.97. The van der Waals surface area contributed by atoms with Crippen molar-refractivity contribution in [3.8, 4) is 11.4 Å². The second-order valence-electron chi connectivity index (χ2n) is 12.9. The molecule has 9 rings (SSSR count). The topological polar surface area (TPSA) is 73.9 Å². The summed E-state index contributed by atoms with van der Waals surface area (Å²) in [7, 11) is 2.05. The van der Waals surface area contributed by atoms with E-state index in [0.29, 0.717) is 0 Å². The molecule has 5 N–H and O–H groups in total. The summed E-state index contributed by atoms with van der Waals surface area (Å²) in [4.78, 5) is 0. The van der Waals surface area contributed by atoms with Gasteiger partial charge in [-0.05, 0) is 72.3 Å². The highest BCUT2D eigenvalue weighted by Crippen LogP contribution is 2.41. The van der Waals surface area contributed by atoms with Crippen molar-refractivity contribution in [3.05, 3.63) is 218 Å². The number of aromatic nitrogens is 2. The minimum atomic E-state index is -0.495. The SMILES string of the molecule is C=CC=C.CNC(c1ccccc1)(c1ccccc1)c1ccc(-n2c3ccccc3c3cc4c5ccccc5n(-c5ccccc5)c4cc32)cc1.NCN. The highest BCUT2D eigenvalue weighted by molar-refractivity contribution is 6.19. The highest BCUT2D eigenvalue weighted by atomic mass is 15.0. The zero-order valence-electron chi connectivity index (χ0n) is 30.6. The number of nitrogens with one attached hydrogen (secondary N) is 1. The van der Waals surface area contributed by atoms with Crippen LogP contribution < -0.4 is 16.8 Å². The van der Waals surface area contributed by atoms with Gasteiger partial charge in [0.25, 0.3) is 0 Å². The second kappa shape index (κ2) is 16.0. The summed E-state index contributed by atoms with van der Waals surface area (Å²) in [6.07, 6.45) is 3.28.